The van der Waals surface area contributed by atoms with E-state index < -0.39 is 10.9 Å². The predicted molar refractivity (Wildman–Crippen MR) is 124 cm³/mol. The Morgan fingerprint density at radius 2 is 1.89 bits per heavy atom. The van der Waals surface area contributed by atoms with E-state index in [1.807, 2.05) is 0 Å². The molecule has 0 aliphatic rings. The van der Waals surface area contributed by atoms with Gasteiger partial charge in [-0.15, -0.1) is 0 Å². The Bertz CT molecular complexity index is 1470. The smallest absolute Gasteiger partial charge is 0.337 e. The van der Waals surface area contributed by atoms with E-state index in [4.69, 9.17) is 0 Å². The number of amides is 1. The number of nitrogens with one attached hydrogen (secondary N) is 1. The maximum atomic E-state index is 12.9. The number of rotatable bonds is 8. The number of carbonyl (C=O) groups excluding carboxylic acids is 2. The molecule has 2 aromatic heterocycles. The Hall–Kier alpha value is -4.87. The number of methoxy groups -OCH3 is 1. The first-order chi connectivity index (χ1) is 16.9. The number of carbonyl (C=O) groups is 2. The van der Waals surface area contributed by atoms with Crippen LogP contribution >= 0.6 is 0 Å². The van der Waals surface area contributed by atoms with Gasteiger partial charge in [0, 0.05) is 24.2 Å². The SMILES string of the molecule is COC(=O)c1ccc(C(=O)NCCn2ncc3c(=O)n(Cc4cccc([N+](=O)[O-])c4)cnc32)cc1. The van der Waals surface area contributed by atoms with E-state index in [-0.39, 0.29) is 36.8 Å². The van der Waals surface area contributed by atoms with Crippen LogP contribution < -0.4 is 10.9 Å². The number of non-ortho nitro benzene ring substituents is 1. The quantitative estimate of drug-likeness (QED) is 0.229. The number of benzene rings is 2. The molecule has 0 saturated carbocycles. The van der Waals surface area contributed by atoms with Crippen LogP contribution in [0.3, 0.4) is 0 Å². The van der Waals surface area contributed by atoms with Gasteiger partial charge in [-0.3, -0.25) is 24.3 Å². The maximum absolute atomic E-state index is 12.9. The molecule has 2 heterocycles. The fraction of sp³-hybridized carbons (Fsp3) is 0.174. The lowest BCUT2D eigenvalue weighted by Gasteiger charge is -2.08. The van der Waals surface area contributed by atoms with Crippen molar-refractivity contribution in [2.24, 2.45) is 0 Å². The molecule has 12 heteroatoms. The van der Waals surface area contributed by atoms with E-state index in [0.717, 1.165) is 0 Å². The summed E-state index contributed by atoms with van der Waals surface area (Å²) >= 11 is 0. The summed E-state index contributed by atoms with van der Waals surface area (Å²) in [4.78, 5) is 51.5. The summed E-state index contributed by atoms with van der Waals surface area (Å²) in [7, 11) is 1.28. The molecule has 4 rings (SSSR count). The minimum Gasteiger partial charge on any atom is -0.465 e. The molecule has 0 bridgehead atoms. The third-order valence-electron chi connectivity index (χ3n) is 5.27. The van der Waals surface area contributed by atoms with E-state index in [1.165, 1.54) is 65.3 Å². The third kappa shape index (κ3) is 5.05. The van der Waals surface area contributed by atoms with Gasteiger partial charge in [-0.1, -0.05) is 12.1 Å². The van der Waals surface area contributed by atoms with Crippen LogP contribution in [0.25, 0.3) is 11.0 Å². The van der Waals surface area contributed by atoms with Crippen molar-refractivity contribution in [3.63, 3.8) is 0 Å². The van der Waals surface area contributed by atoms with Crippen LogP contribution in [0.4, 0.5) is 5.69 Å². The van der Waals surface area contributed by atoms with Crippen LogP contribution in [-0.4, -0.2) is 49.8 Å². The van der Waals surface area contributed by atoms with Gasteiger partial charge < -0.3 is 10.1 Å². The number of hydrogen-bond donors (Lipinski definition) is 1. The number of aromatic nitrogens is 4. The summed E-state index contributed by atoms with van der Waals surface area (Å²) in [6.07, 6.45) is 2.77. The molecule has 0 unspecified atom stereocenters. The highest BCUT2D eigenvalue weighted by molar-refractivity contribution is 5.96. The largest absolute Gasteiger partial charge is 0.465 e. The van der Waals surface area contributed by atoms with Gasteiger partial charge in [-0.05, 0) is 29.8 Å². The molecule has 1 amide bonds. The first-order valence-corrected chi connectivity index (χ1v) is 10.5. The lowest BCUT2D eigenvalue weighted by atomic mass is 10.1. The highest BCUT2D eigenvalue weighted by Gasteiger charge is 2.13. The monoisotopic (exact) mass is 476 g/mol. The molecule has 4 aromatic rings. The summed E-state index contributed by atoms with van der Waals surface area (Å²) in [5, 5.41) is 18.2. The van der Waals surface area contributed by atoms with Gasteiger partial charge in [0.15, 0.2) is 5.65 Å². The lowest BCUT2D eigenvalue weighted by molar-refractivity contribution is -0.384. The number of nitro benzene ring substituents is 1. The van der Waals surface area contributed by atoms with Gasteiger partial charge in [0.25, 0.3) is 17.2 Å². The fourth-order valence-corrected chi connectivity index (χ4v) is 3.49. The first-order valence-electron chi connectivity index (χ1n) is 10.5. The van der Waals surface area contributed by atoms with Crippen molar-refractivity contribution < 1.29 is 19.2 Å². The highest BCUT2D eigenvalue weighted by Crippen LogP contribution is 2.14. The molecule has 0 radical (unpaired) electrons. The van der Waals surface area contributed by atoms with Crippen LogP contribution in [0.2, 0.25) is 0 Å². The number of ether oxygens (including phenoxy) is 1. The van der Waals surface area contributed by atoms with E-state index in [2.05, 4.69) is 20.1 Å². The van der Waals surface area contributed by atoms with Crippen LogP contribution in [0.1, 0.15) is 26.3 Å². The number of nitro groups is 1. The van der Waals surface area contributed by atoms with E-state index in [9.17, 15) is 24.5 Å². The second-order valence-electron chi connectivity index (χ2n) is 7.53. The van der Waals surface area contributed by atoms with Gasteiger partial charge in [-0.25, -0.2) is 14.5 Å². The van der Waals surface area contributed by atoms with E-state index in [1.54, 1.807) is 12.1 Å². The molecule has 0 saturated heterocycles. The Morgan fingerprint density at radius 3 is 2.60 bits per heavy atom. The standard InChI is InChI=1S/C23H20N6O6/c1-35-23(32)17-7-5-16(6-8-17)21(30)24-9-10-28-20-19(12-26-28)22(31)27(14-25-20)13-15-3-2-4-18(11-15)29(33)34/h2-8,11-12,14H,9-10,13H2,1H3,(H,24,30). The molecule has 2 aromatic carbocycles. The molecular formula is C23H20N6O6. The Kier molecular flexibility index (Phi) is 6.62. The first kappa shape index (κ1) is 23.3. The van der Waals surface area contributed by atoms with Crippen LogP contribution in [-0.2, 0) is 17.8 Å². The van der Waals surface area contributed by atoms with Crippen molar-refractivity contribution in [1.29, 1.82) is 0 Å². The molecule has 0 spiro atoms. The van der Waals surface area contributed by atoms with Crippen molar-refractivity contribution in [2.45, 2.75) is 13.1 Å². The number of hydrogen-bond acceptors (Lipinski definition) is 8. The second-order valence-corrected chi connectivity index (χ2v) is 7.53. The zero-order chi connectivity index (χ0) is 24.9. The molecule has 12 nitrogen and oxygen atoms in total. The minimum absolute atomic E-state index is 0.0566. The van der Waals surface area contributed by atoms with Crippen LogP contribution in [0.5, 0.6) is 0 Å². The zero-order valence-corrected chi connectivity index (χ0v) is 18.6. The molecular weight excluding hydrogens is 456 g/mol. The topological polar surface area (TPSA) is 151 Å². The van der Waals surface area contributed by atoms with Gasteiger partial charge in [0.05, 0.1) is 36.9 Å². The van der Waals surface area contributed by atoms with Crippen molar-refractivity contribution in [1.82, 2.24) is 24.6 Å². The summed E-state index contributed by atoms with van der Waals surface area (Å²) in [5.41, 5.74) is 1.29. The van der Waals surface area contributed by atoms with Crippen molar-refractivity contribution >= 4 is 28.6 Å². The molecule has 0 fully saturated rings. The number of nitrogens with zero attached hydrogens (tertiary/aromatic N) is 5. The maximum Gasteiger partial charge on any atom is 0.337 e. The van der Waals surface area contributed by atoms with Crippen molar-refractivity contribution in [3.05, 3.63) is 98.2 Å². The predicted octanol–water partition coefficient (Wildman–Crippen LogP) is 1.77. The van der Waals surface area contributed by atoms with Crippen LogP contribution in [0.15, 0.2) is 65.8 Å². The van der Waals surface area contributed by atoms with E-state index >= 15 is 0 Å². The molecule has 1 N–H and O–H groups in total. The van der Waals surface area contributed by atoms with Crippen LogP contribution in [0, 0.1) is 10.1 Å². The van der Waals surface area contributed by atoms with Gasteiger partial charge in [0.1, 0.15) is 11.7 Å². The van der Waals surface area contributed by atoms with Gasteiger partial charge in [0.2, 0.25) is 0 Å². The summed E-state index contributed by atoms with van der Waals surface area (Å²) < 4.78 is 7.50. The fourth-order valence-electron chi connectivity index (χ4n) is 3.49. The average molecular weight is 476 g/mol. The Morgan fingerprint density at radius 1 is 1.14 bits per heavy atom. The molecule has 0 aliphatic heterocycles. The Balaban J connectivity index is 1.42. The minimum atomic E-state index is -0.492. The summed E-state index contributed by atoms with van der Waals surface area (Å²) in [5.74, 6) is -0.815. The average Bonchev–Trinajstić information content (AvgIpc) is 3.29. The van der Waals surface area contributed by atoms with Gasteiger partial charge >= 0.3 is 5.97 Å². The molecule has 0 aliphatic carbocycles. The van der Waals surface area contributed by atoms with Crippen molar-refractivity contribution in [2.75, 3.05) is 13.7 Å². The number of fused-ring (bicyclic) bond motifs is 1. The third-order valence-corrected chi connectivity index (χ3v) is 5.27. The zero-order valence-electron chi connectivity index (χ0n) is 18.6. The molecule has 178 valence electrons. The molecule has 0 atom stereocenters. The molecule has 35 heavy (non-hydrogen) atoms. The van der Waals surface area contributed by atoms with Crippen molar-refractivity contribution in [3.8, 4) is 0 Å². The van der Waals surface area contributed by atoms with Gasteiger partial charge in [-0.2, -0.15) is 5.10 Å². The number of esters is 1. The Labute approximate surface area is 197 Å². The highest BCUT2D eigenvalue weighted by atomic mass is 16.6. The summed E-state index contributed by atoms with van der Waals surface area (Å²) in [6, 6.07) is 12.1. The van der Waals surface area contributed by atoms with E-state index in [0.29, 0.717) is 27.7 Å². The second kappa shape index (κ2) is 9.95. The normalized spacial score (nSPS) is 10.8. The lowest BCUT2D eigenvalue weighted by Crippen LogP contribution is -2.28. The summed E-state index contributed by atoms with van der Waals surface area (Å²) in [6.45, 7) is 0.628.